The molecule has 1 aromatic heterocycles. The Morgan fingerprint density at radius 3 is 2.56 bits per heavy atom. The minimum absolute atomic E-state index is 0.132. The van der Waals surface area contributed by atoms with Gasteiger partial charge in [0.25, 0.3) is 5.91 Å². The van der Waals surface area contributed by atoms with E-state index in [-0.39, 0.29) is 23.8 Å². The number of amides is 1. The normalized spacial score (nSPS) is 13.5. The summed E-state index contributed by atoms with van der Waals surface area (Å²) in [6.07, 6.45) is 1.60. The van der Waals surface area contributed by atoms with Crippen LogP contribution in [0.25, 0.3) is 22.0 Å². The molecule has 0 saturated carbocycles. The fourth-order valence-electron chi connectivity index (χ4n) is 3.07. The molecule has 1 amide bonds. The monoisotopic (exact) mass is 368 g/mol. The average Bonchev–Trinajstić information content (AvgIpc) is 3.10. The number of aromatic amines is 1. The number of halogens is 1. The van der Waals surface area contributed by atoms with Crippen LogP contribution < -0.4 is 16.8 Å². The van der Waals surface area contributed by atoms with E-state index in [0.29, 0.717) is 12.2 Å². The molecule has 0 saturated heterocycles. The molecule has 2 aromatic carbocycles. The Labute approximate surface area is 157 Å². The quantitative estimate of drug-likeness (QED) is 0.516. The minimum Gasteiger partial charge on any atom is -0.351 e. The maximum atomic E-state index is 13.1. The standard InChI is InChI=1S/C21H25FN4O/c1-13(18(24)3-2-10-23)25-21(27)20-12-16-5-4-15(11-19(16)26-20)14-6-8-17(22)9-7-14/h4-9,11-13,18,26H,2-3,10,23-24H2,1H3,(H,25,27)/t13?,18-/m0/s1. The first-order valence-electron chi connectivity index (χ1n) is 9.13. The molecule has 5 nitrogen and oxygen atoms in total. The van der Waals surface area contributed by atoms with Gasteiger partial charge in [-0.3, -0.25) is 4.79 Å². The van der Waals surface area contributed by atoms with Crippen molar-refractivity contribution in [2.24, 2.45) is 11.5 Å². The van der Waals surface area contributed by atoms with Crippen LogP contribution in [0, 0.1) is 5.82 Å². The van der Waals surface area contributed by atoms with Crippen LogP contribution in [-0.4, -0.2) is 29.5 Å². The largest absolute Gasteiger partial charge is 0.351 e. The van der Waals surface area contributed by atoms with E-state index in [1.54, 1.807) is 12.1 Å². The van der Waals surface area contributed by atoms with Crippen molar-refractivity contribution in [2.45, 2.75) is 31.8 Å². The molecular weight excluding hydrogens is 343 g/mol. The van der Waals surface area contributed by atoms with Gasteiger partial charge < -0.3 is 21.8 Å². The van der Waals surface area contributed by atoms with Crippen molar-refractivity contribution in [3.05, 3.63) is 60.0 Å². The van der Waals surface area contributed by atoms with Crippen molar-refractivity contribution in [3.63, 3.8) is 0 Å². The summed E-state index contributed by atoms with van der Waals surface area (Å²) < 4.78 is 13.1. The highest BCUT2D eigenvalue weighted by atomic mass is 19.1. The Balaban J connectivity index is 1.76. The van der Waals surface area contributed by atoms with E-state index in [1.165, 1.54) is 12.1 Å². The second-order valence-corrected chi connectivity index (χ2v) is 6.85. The first kappa shape index (κ1) is 19.1. The number of carbonyl (C=O) groups excluding carboxylic acids is 1. The highest BCUT2D eigenvalue weighted by Crippen LogP contribution is 2.25. The molecule has 2 atom stereocenters. The van der Waals surface area contributed by atoms with Crippen LogP contribution in [0.2, 0.25) is 0 Å². The smallest absolute Gasteiger partial charge is 0.267 e. The third-order valence-electron chi connectivity index (χ3n) is 4.79. The summed E-state index contributed by atoms with van der Waals surface area (Å²) in [4.78, 5) is 15.7. The fourth-order valence-corrected chi connectivity index (χ4v) is 3.07. The molecule has 1 unspecified atom stereocenters. The number of H-pyrrole nitrogens is 1. The van der Waals surface area contributed by atoms with Crippen molar-refractivity contribution >= 4 is 16.8 Å². The summed E-state index contributed by atoms with van der Waals surface area (Å²) in [6.45, 7) is 2.49. The minimum atomic E-state index is -0.266. The van der Waals surface area contributed by atoms with Crippen molar-refractivity contribution in [3.8, 4) is 11.1 Å². The number of nitrogens with one attached hydrogen (secondary N) is 2. The summed E-state index contributed by atoms with van der Waals surface area (Å²) in [7, 11) is 0. The van der Waals surface area contributed by atoms with Gasteiger partial charge in [-0.25, -0.2) is 4.39 Å². The number of benzene rings is 2. The summed E-state index contributed by atoms with van der Waals surface area (Å²) in [5.41, 5.74) is 14.8. The second-order valence-electron chi connectivity index (χ2n) is 6.85. The van der Waals surface area contributed by atoms with E-state index >= 15 is 0 Å². The first-order valence-corrected chi connectivity index (χ1v) is 9.13. The Bertz CT molecular complexity index is 920. The van der Waals surface area contributed by atoms with Gasteiger partial charge in [-0.15, -0.1) is 0 Å². The van der Waals surface area contributed by atoms with Crippen molar-refractivity contribution in [2.75, 3.05) is 6.54 Å². The lowest BCUT2D eigenvalue weighted by atomic mass is 10.0. The Morgan fingerprint density at radius 2 is 1.85 bits per heavy atom. The number of carbonyl (C=O) groups is 1. The predicted octanol–water partition coefficient (Wildman–Crippen LogP) is 3.16. The van der Waals surface area contributed by atoms with Crippen molar-refractivity contribution < 1.29 is 9.18 Å². The summed E-state index contributed by atoms with van der Waals surface area (Å²) >= 11 is 0. The molecular formula is C21H25FN4O. The molecule has 0 bridgehead atoms. The molecule has 0 aliphatic rings. The van der Waals surface area contributed by atoms with E-state index in [1.807, 2.05) is 31.2 Å². The molecule has 0 aliphatic heterocycles. The van der Waals surface area contributed by atoms with Gasteiger partial charge >= 0.3 is 0 Å². The van der Waals surface area contributed by atoms with Crippen LogP contribution in [0.1, 0.15) is 30.3 Å². The van der Waals surface area contributed by atoms with Crippen molar-refractivity contribution in [1.29, 1.82) is 0 Å². The van der Waals surface area contributed by atoms with Crippen LogP contribution in [-0.2, 0) is 0 Å². The van der Waals surface area contributed by atoms with Crippen LogP contribution in [0.4, 0.5) is 4.39 Å². The first-order chi connectivity index (χ1) is 13.0. The molecule has 142 valence electrons. The number of nitrogens with two attached hydrogens (primary N) is 2. The van der Waals surface area contributed by atoms with Gasteiger partial charge in [0.1, 0.15) is 11.5 Å². The number of aromatic nitrogens is 1. The van der Waals surface area contributed by atoms with Crippen molar-refractivity contribution in [1.82, 2.24) is 10.3 Å². The molecule has 6 heteroatoms. The highest BCUT2D eigenvalue weighted by Gasteiger charge is 2.17. The molecule has 0 fully saturated rings. The van der Waals surface area contributed by atoms with Gasteiger partial charge in [-0.05, 0) is 61.7 Å². The molecule has 6 N–H and O–H groups in total. The van der Waals surface area contributed by atoms with Gasteiger partial charge in [0, 0.05) is 23.0 Å². The SMILES string of the molecule is CC(NC(=O)c1cc2ccc(-c3ccc(F)cc3)cc2[nH]1)[C@@H](N)CCCN. The molecule has 0 spiro atoms. The maximum Gasteiger partial charge on any atom is 0.267 e. The lowest BCUT2D eigenvalue weighted by Gasteiger charge is -2.20. The van der Waals surface area contributed by atoms with Gasteiger partial charge in [-0.2, -0.15) is 0 Å². The second kappa shape index (κ2) is 8.33. The lowest BCUT2D eigenvalue weighted by Crippen LogP contribution is -2.45. The van der Waals surface area contributed by atoms with E-state index < -0.39 is 0 Å². The molecule has 3 aromatic rings. The fraction of sp³-hybridized carbons (Fsp3) is 0.286. The van der Waals surface area contributed by atoms with Crippen LogP contribution in [0.5, 0.6) is 0 Å². The molecule has 3 rings (SSSR count). The van der Waals surface area contributed by atoms with E-state index in [9.17, 15) is 9.18 Å². The molecule has 27 heavy (non-hydrogen) atoms. The van der Waals surface area contributed by atoms with Crippen LogP contribution >= 0.6 is 0 Å². The van der Waals surface area contributed by atoms with E-state index in [0.717, 1.165) is 34.9 Å². The molecule has 1 heterocycles. The predicted molar refractivity (Wildman–Crippen MR) is 107 cm³/mol. The zero-order valence-electron chi connectivity index (χ0n) is 15.3. The summed E-state index contributed by atoms with van der Waals surface area (Å²) in [6, 6.07) is 13.7. The Hall–Kier alpha value is -2.70. The Morgan fingerprint density at radius 1 is 1.15 bits per heavy atom. The zero-order chi connectivity index (χ0) is 19.4. The van der Waals surface area contributed by atoms with Gasteiger partial charge in [-0.1, -0.05) is 24.3 Å². The number of hydrogen-bond acceptors (Lipinski definition) is 3. The third kappa shape index (κ3) is 4.53. The average molecular weight is 368 g/mol. The Kier molecular flexibility index (Phi) is 5.88. The number of rotatable bonds is 7. The molecule has 0 radical (unpaired) electrons. The van der Waals surface area contributed by atoms with Gasteiger partial charge in [0.05, 0.1) is 0 Å². The van der Waals surface area contributed by atoms with E-state index in [2.05, 4.69) is 10.3 Å². The van der Waals surface area contributed by atoms with Crippen LogP contribution in [0.15, 0.2) is 48.5 Å². The zero-order valence-corrected chi connectivity index (χ0v) is 15.3. The maximum absolute atomic E-state index is 13.1. The highest BCUT2D eigenvalue weighted by molar-refractivity contribution is 5.99. The van der Waals surface area contributed by atoms with Gasteiger partial charge in [0.2, 0.25) is 0 Å². The van der Waals surface area contributed by atoms with E-state index in [4.69, 9.17) is 11.5 Å². The topological polar surface area (TPSA) is 96.9 Å². The summed E-state index contributed by atoms with van der Waals surface area (Å²) in [5.74, 6) is -0.456. The third-order valence-corrected chi connectivity index (χ3v) is 4.79. The summed E-state index contributed by atoms with van der Waals surface area (Å²) in [5, 5.41) is 3.88. The number of fused-ring (bicyclic) bond motifs is 1. The van der Waals surface area contributed by atoms with Crippen LogP contribution in [0.3, 0.4) is 0 Å². The number of hydrogen-bond donors (Lipinski definition) is 4. The van der Waals surface area contributed by atoms with Gasteiger partial charge in [0.15, 0.2) is 0 Å². The lowest BCUT2D eigenvalue weighted by molar-refractivity contribution is 0.0929. The molecule has 0 aliphatic carbocycles.